The Morgan fingerprint density at radius 1 is 0.921 bits per heavy atom. The quantitative estimate of drug-likeness (QED) is 0.328. The normalized spacial score (nSPS) is 13.4. The Kier molecular flexibility index (Phi) is 7.12. The van der Waals surface area contributed by atoms with Crippen LogP contribution in [0.5, 0.6) is 0 Å². The Bertz CT molecular complexity index is 1560. The van der Waals surface area contributed by atoms with E-state index in [0.29, 0.717) is 43.2 Å². The lowest BCUT2D eigenvalue weighted by molar-refractivity contribution is 0.103. The number of halogens is 4. The maximum atomic E-state index is 15.3. The second kappa shape index (κ2) is 10.6. The van der Waals surface area contributed by atoms with Gasteiger partial charge in [-0.2, -0.15) is 0 Å². The fourth-order valence-electron chi connectivity index (χ4n) is 3.95. The van der Waals surface area contributed by atoms with Gasteiger partial charge in [0.1, 0.15) is 17.5 Å². The van der Waals surface area contributed by atoms with Crippen LogP contribution in [0.3, 0.4) is 0 Å². The van der Waals surface area contributed by atoms with Crippen LogP contribution in [-0.2, 0) is 4.74 Å². The Labute approximate surface area is 219 Å². The Balaban J connectivity index is 1.40. The summed E-state index contributed by atoms with van der Waals surface area (Å²) in [5, 5.41) is 4.38. The number of nitrogens with zero attached hydrogens (tertiary/aromatic N) is 3. The predicted octanol–water partition coefficient (Wildman–Crippen LogP) is 5.41. The van der Waals surface area contributed by atoms with Gasteiger partial charge in [-0.15, -0.1) is 0 Å². The highest BCUT2D eigenvalue weighted by Crippen LogP contribution is 2.26. The molecule has 0 atom stereocenters. The number of ether oxygens (including phenoxy) is 1. The average molecular weight is 542 g/mol. The van der Waals surface area contributed by atoms with Crippen molar-refractivity contribution in [1.29, 1.82) is 0 Å². The summed E-state index contributed by atoms with van der Waals surface area (Å²) < 4.78 is 48.9. The second-order valence-electron chi connectivity index (χ2n) is 8.35. The van der Waals surface area contributed by atoms with Crippen molar-refractivity contribution in [2.45, 2.75) is 0 Å². The van der Waals surface area contributed by atoms with Crippen LogP contribution in [0.1, 0.15) is 15.9 Å². The third-order valence-electron chi connectivity index (χ3n) is 5.87. The first kappa shape index (κ1) is 25.4. The number of anilines is 3. The first-order chi connectivity index (χ1) is 18.3. The molecular weight excluding hydrogens is 523 g/mol. The van der Waals surface area contributed by atoms with Crippen LogP contribution >= 0.6 is 11.6 Å². The molecule has 1 fully saturated rings. The highest BCUT2D eigenvalue weighted by Gasteiger charge is 2.24. The summed E-state index contributed by atoms with van der Waals surface area (Å²) in [6, 6.07) is 8.81. The minimum Gasteiger partial charge on any atom is -0.378 e. The van der Waals surface area contributed by atoms with Gasteiger partial charge >= 0.3 is 6.03 Å². The van der Waals surface area contributed by atoms with Gasteiger partial charge in [-0.3, -0.25) is 9.78 Å². The van der Waals surface area contributed by atoms with E-state index in [2.05, 4.69) is 20.6 Å². The molecule has 0 bridgehead atoms. The van der Waals surface area contributed by atoms with Gasteiger partial charge in [-0.05, 0) is 48.5 Å². The number of amides is 2. The minimum absolute atomic E-state index is 0.0121. The fraction of sp³-hybridized carbons (Fsp3) is 0.154. The van der Waals surface area contributed by atoms with Gasteiger partial charge in [0.25, 0.3) is 0 Å². The summed E-state index contributed by atoms with van der Waals surface area (Å²) in [5.74, 6) is -3.47. The zero-order valence-electron chi connectivity index (χ0n) is 19.6. The average Bonchev–Trinajstić information content (AvgIpc) is 2.92. The van der Waals surface area contributed by atoms with Crippen LogP contribution in [0.15, 0.2) is 54.7 Å². The van der Waals surface area contributed by atoms with E-state index in [1.54, 1.807) is 6.20 Å². The van der Waals surface area contributed by atoms with E-state index in [-0.39, 0.29) is 16.3 Å². The number of hydrogen-bond acceptors (Lipinski definition) is 6. The molecule has 2 heterocycles. The molecule has 0 aliphatic carbocycles. The molecule has 1 saturated heterocycles. The fourth-order valence-corrected chi connectivity index (χ4v) is 4.07. The third kappa shape index (κ3) is 5.24. The number of hydrogen-bond donors (Lipinski definition) is 2. The Morgan fingerprint density at radius 3 is 2.47 bits per heavy atom. The van der Waals surface area contributed by atoms with Crippen molar-refractivity contribution >= 4 is 51.6 Å². The molecule has 4 aromatic rings. The van der Waals surface area contributed by atoms with Crippen molar-refractivity contribution in [1.82, 2.24) is 9.97 Å². The Morgan fingerprint density at radius 2 is 1.71 bits per heavy atom. The van der Waals surface area contributed by atoms with Crippen molar-refractivity contribution in [3.8, 4) is 0 Å². The largest absolute Gasteiger partial charge is 0.378 e. The standard InChI is InChI=1S/C26H19ClF3N5O3/c27-16-3-2-15(12-18(16)29)32-26(37)34-20-6-4-17(28)23(24(20)30)25(36)14-1-5-19-21(11-14)33-22(13-31-19)35-7-9-38-10-8-35/h1-6,11-13H,7-10H2,(H2,32,34,37). The van der Waals surface area contributed by atoms with Gasteiger partial charge in [0.15, 0.2) is 11.6 Å². The van der Waals surface area contributed by atoms with E-state index in [4.69, 9.17) is 16.3 Å². The molecule has 1 aliphatic rings. The highest BCUT2D eigenvalue weighted by atomic mass is 35.5. The zero-order chi connectivity index (χ0) is 26.8. The van der Waals surface area contributed by atoms with Gasteiger partial charge < -0.3 is 20.3 Å². The lowest BCUT2D eigenvalue weighted by Gasteiger charge is -2.27. The number of aromatic nitrogens is 2. The molecule has 194 valence electrons. The molecule has 0 spiro atoms. The number of morpholine rings is 1. The third-order valence-corrected chi connectivity index (χ3v) is 6.18. The van der Waals surface area contributed by atoms with E-state index in [0.717, 1.165) is 18.2 Å². The SMILES string of the molecule is O=C(Nc1ccc(Cl)c(F)c1)Nc1ccc(F)c(C(=O)c2ccc3ncc(N4CCOCC4)nc3c2)c1F. The minimum atomic E-state index is -1.26. The van der Waals surface area contributed by atoms with Crippen molar-refractivity contribution < 1.29 is 27.5 Å². The summed E-state index contributed by atoms with van der Waals surface area (Å²) in [6.45, 7) is 2.37. The van der Waals surface area contributed by atoms with Crippen molar-refractivity contribution in [3.63, 3.8) is 0 Å². The molecule has 3 aromatic carbocycles. The molecule has 8 nitrogen and oxygen atoms in total. The molecular formula is C26H19ClF3N5O3. The van der Waals surface area contributed by atoms with Crippen molar-refractivity contribution in [3.05, 3.63) is 88.3 Å². The Hall–Kier alpha value is -4.22. The van der Waals surface area contributed by atoms with Crippen LogP contribution in [0.2, 0.25) is 5.02 Å². The van der Waals surface area contributed by atoms with E-state index in [1.807, 2.05) is 4.90 Å². The molecule has 5 rings (SSSR count). The van der Waals surface area contributed by atoms with Crippen LogP contribution in [0.25, 0.3) is 11.0 Å². The summed E-state index contributed by atoms with van der Waals surface area (Å²) in [5.41, 5.74) is -0.373. The second-order valence-corrected chi connectivity index (χ2v) is 8.76. The molecule has 38 heavy (non-hydrogen) atoms. The maximum absolute atomic E-state index is 15.3. The van der Waals surface area contributed by atoms with Crippen LogP contribution in [-0.4, -0.2) is 48.1 Å². The number of ketones is 1. The summed E-state index contributed by atoms with van der Waals surface area (Å²) >= 11 is 5.62. The number of benzene rings is 3. The highest BCUT2D eigenvalue weighted by molar-refractivity contribution is 6.30. The van der Waals surface area contributed by atoms with Gasteiger partial charge in [-0.1, -0.05) is 11.6 Å². The zero-order valence-corrected chi connectivity index (χ0v) is 20.4. The monoisotopic (exact) mass is 541 g/mol. The molecule has 0 radical (unpaired) electrons. The summed E-state index contributed by atoms with van der Waals surface area (Å²) in [7, 11) is 0. The number of rotatable bonds is 5. The topological polar surface area (TPSA) is 96.5 Å². The first-order valence-electron chi connectivity index (χ1n) is 11.5. The number of fused-ring (bicyclic) bond motifs is 1. The smallest absolute Gasteiger partial charge is 0.323 e. The number of nitrogens with one attached hydrogen (secondary N) is 2. The number of carbonyl (C=O) groups excluding carboxylic acids is 2. The van der Waals surface area contributed by atoms with Crippen LogP contribution in [0, 0.1) is 17.5 Å². The van der Waals surface area contributed by atoms with Gasteiger partial charge in [0, 0.05) is 24.3 Å². The molecule has 0 unspecified atom stereocenters. The molecule has 2 N–H and O–H groups in total. The lowest BCUT2D eigenvalue weighted by atomic mass is 10.0. The molecule has 0 saturated carbocycles. The first-order valence-corrected chi connectivity index (χ1v) is 11.8. The summed E-state index contributed by atoms with van der Waals surface area (Å²) in [6.07, 6.45) is 1.62. The number of carbonyl (C=O) groups is 2. The molecule has 1 aromatic heterocycles. The predicted molar refractivity (Wildman–Crippen MR) is 136 cm³/mol. The van der Waals surface area contributed by atoms with E-state index in [1.165, 1.54) is 30.3 Å². The van der Waals surface area contributed by atoms with Crippen LogP contribution < -0.4 is 15.5 Å². The van der Waals surface area contributed by atoms with E-state index in [9.17, 15) is 18.4 Å². The molecule has 12 heteroatoms. The van der Waals surface area contributed by atoms with Gasteiger partial charge in [-0.25, -0.2) is 22.9 Å². The van der Waals surface area contributed by atoms with Crippen molar-refractivity contribution in [2.75, 3.05) is 41.8 Å². The van der Waals surface area contributed by atoms with Gasteiger partial charge in [0.05, 0.1) is 46.7 Å². The van der Waals surface area contributed by atoms with E-state index >= 15 is 4.39 Å². The maximum Gasteiger partial charge on any atom is 0.323 e. The number of urea groups is 1. The lowest BCUT2D eigenvalue weighted by Crippen LogP contribution is -2.36. The summed E-state index contributed by atoms with van der Waals surface area (Å²) in [4.78, 5) is 36.4. The van der Waals surface area contributed by atoms with Crippen molar-refractivity contribution in [2.24, 2.45) is 0 Å². The van der Waals surface area contributed by atoms with Crippen LogP contribution in [0.4, 0.5) is 35.2 Å². The van der Waals surface area contributed by atoms with E-state index < -0.39 is 40.5 Å². The van der Waals surface area contributed by atoms with Gasteiger partial charge in [0.2, 0.25) is 0 Å². The molecule has 1 aliphatic heterocycles. The molecule has 2 amide bonds.